The Hall–Kier alpha value is -4.18. The topological polar surface area (TPSA) is 92.8 Å². The number of hydrogen-bond donors (Lipinski definition) is 1. The molecule has 7 heteroatoms. The molecule has 0 aliphatic rings. The lowest BCUT2D eigenvalue weighted by molar-refractivity contribution is -0.118. The summed E-state index contributed by atoms with van der Waals surface area (Å²) in [5.74, 6) is 1.35. The van der Waals surface area contributed by atoms with Crippen LogP contribution < -0.4 is 10.1 Å². The van der Waals surface area contributed by atoms with Crippen LogP contribution in [0.4, 0.5) is 5.82 Å². The van der Waals surface area contributed by atoms with E-state index in [1.165, 1.54) is 10.9 Å². The van der Waals surface area contributed by atoms with Gasteiger partial charge in [-0.2, -0.15) is 15.0 Å². The molecule has 0 radical (unpaired) electrons. The summed E-state index contributed by atoms with van der Waals surface area (Å²) in [6, 6.07) is 16.0. The van der Waals surface area contributed by atoms with E-state index in [1.807, 2.05) is 63.2 Å². The molecule has 2 heterocycles. The number of carbonyl (C=O) groups is 1. The maximum absolute atomic E-state index is 12.8. The van der Waals surface area contributed by atoms with Gasteiger partial charge < -0.3 is 10.1 Å². The minimum absolute atomic E-state index is 0.192. The number of benzene rings is 2. The van der Waals surface area contributed by atoms with Crippen LogP contribution in [0.5, 0.6) is 5.75 Å². The minimum atomic E-state index is -0.386. The molecule has 2 aromatic heterocycles. The van der Waals surface area contributed by atoms with Crippen molar-refractivity contribution in [1.82, 2.24) is 14.8 Å². The number of hydrogen-bond acceptors (Lipinski definition) is 5. The van der Waals surface area contributed by atoms with Crippen LogP contribution in [0, 0.1) is 32.1 Å². The van der Waals surface area contributed by atoms with Gasteiger partial charge in [0.25, 0.3) is 5.91 Å². The Labute approximate surface area is 199 Å². The summed E-state index contributed by atoms with van der Waals surface area (Å²) in [6.07, 6.45) is 1.42. The number of ether oxygens (including phenoxy) is 1. The fraction of sp³-hybridized carbons (Fsp3) is 0.259. The monoisotopic (exact) mass is 453 g/mol. The largest absolute Gasteiger partial charge is 0.483 e. The normalized spacial score (nSPS) is 11.0. The van der Waals surface area contributed by atoms with Gasteiger partial charge in [0, 0.05) is 5.39 Å². The average Bonchev–Trinajstić information content (AvgIpc) is 3.20. The summed E-state index contributed by atoms with van der Waals surface area (Å²) in [5.41, 5.74) is 5.25. The number of rotatable bonds is 6. The summed E-state index contributed by atoms with van der Waals surface area (Å²) >= 11 is 0. The number of aromatic nitrogens is 3. The summed E-state index contributed by atoms with van der Waals surface area (Å²) in [5, 5.41) is 17.8. The van der Waals surface area contributed by atoms with Gasteiger partial charge in [0.15, 0.2) is 18.2 Å². The molecule has 1 amide bonds. The standard InChI is InChI=1S/C27H27N5O2/c1-16(2)21-10-9-17(3)11-23(21)34-15-25(33)31-27-20(13-28)14-29-32(27)24-12-19(5)22-8-6-7-18(4)26(22)30-24/h6-12,14,16H,15H2,1-5H3,(H,31,33). The van der Waals surface area contributed by atoms with Gasteiger partial charge in [-0.1, -0.05) is 44.2 Å². The van der Waals surface area contributed by atoms with Gasteiger partial charge in [-0.3, -0.25) is 4.79 Å². The van der Waals surface area contributed by atoms with Crippen molar-refractivity contribution in [3.8, 4) is 17.6 Å². The molecule has 1 N–H and O–H groups in total. The summed E-state index contributed by atoms with van der Waals surface area (Å²) in [6.45, 7) is 9.95. The van der Waals surface area contributed by atoms with Crippen LogP contribution in [0.1, 0.15) is 47.6 Å². The first-order valence-electron chi connectivity index (χ1n) is 11.2. The van der Waals surface area contributed by atoms with Gasteiger partial charge in [-0.05, 0) is 61.1 Å². The van der Waals surface area contributed by atoms with Crippen LogP contribution >= 0.6 is 0 Å². The Morgan fingerprint density at radius 3 is 2.68 bits per heavy atom. The number of nitrogens with one attached hydrogen (secondary N) is 1. The molecule has 0 aliphatic carbocycles. The molecular weight excluding hydrogens is 426 g/mol. The maximum Gasteiger partial charge on any atom is 0.263 e. The van der Waals surface area contributed by atoms with E-state index in [-0.39, 0.29) is 29.8 Å². The fourth-order valence-electron chi connectivity index (χ4n) is 3.93. The van der Waals surface area contributed by atoms with Crippen LogP contribution in [0.2, 0.25) is 0 Å². The quantitative estimate of drug-likeness (QED) is 0.424. The first kappa shape index (κ1) is 23.0. The number of nitrogens with zero attached hydrogens (tertiary/aromatic N) is 4. The van der Waals surface area contributed by atoms with Gasteiger partial charge in [-0.15, -0.1) is 0 Å². The predicted octanol–water partition coefficient (Wildman–Crippen LogP) is 5.36. The molecular formula is C27H27N5O2. The van der Waals surface area contributed by atoms with Gasteiger partial charge in [0.1, 0.15) is 17.4 Å². The molecule has 0 saturated heterocycles. The summed E-state index contributed by atoms with van der Waals surface area (Å²) in [7, 11) is 0. The lowest BCUT2D eigenvalue weighted by Gasteiger charge is -2.15. The van der Waals surface area contributed by atoms with Crippen molar-refractivity contribution >= 4 is 22.6 Å². The van der Waals surface area contributed by atoms with Crippen molar-refractivity contribution < 1.29 is 9.53 Å². The van der Waals surface area contributed by atoms with E-state index in [2.05, 4.69) is 30.3 Å². The van der Waals surface area contributed by atoms with Crippen molar-refractivity contribution in [2.75, 3.05) is 11.9 Å². The van der Waals surface area contributed by atoms with Crippen molar-refractivity contribution in [1.29, 1.82) is 5.26 Å². The number of para-hydroxylation sites is 1. The lowest BCUT2D eigenvalue weighted by Crippen LogP contribution is -2.23. The summed E-state index contributed by atoms with van der Waals surface area (Å²) < 4.78 is 7.35. The molecule has 0 atom stereocenters. The van der Waals surface area contributed by atoms with E-state index in [0.29, 0.717) is 11.6 Å². The SMILES string of the molecule is Cc1ccc(C(C)C)c(OCC(=O)Nc2c(C#N)cnn2-c2cc(C)c3cccc(C)c3n2)c1. The second-order valence-electron chi connectivity index (χ2n) is 8.73. The molecule has 0 spiro atoms. The van der Waals surface area contributed by atoms with Crippen LogP contribution in [0.3, 0.4) is 0 Å². The van der Waals surface area contributed by atoms with Crippen molar-refractivity contribution in [2.24, 2.45) is 0 Å². The van der Waals surface area contributed by atoms with E-state index in [4.69, 9.17) is 9.72 Å². The Morgan fingerprint density at radius 1 is 1.15 bits per heavy atom. The first-order chi connectivity index (χ1) is 16.3. The zero-order valence-corrected chi connectivity index (χ0v) is 20.0. The van der Waals surface area contributed by atoms with Crippen LogP contribution in [0.15, 0.2) is 48.7 Å². The number of fused-ring (bicyclic) bond motifs is 1. The third-order valence-electron chi connectivity index (χ3n) is 5.75. The van der Waals surface area contributed by atoms with E-state index in [1.54, 1.807) is 0 Å². The van der Waals surface area contributed by atoms with Crippen molar-refractivity contribution in [3.05, 3.63) is 76.5 Å². The number of amides is 1. The third-order valence-corrected chi connectivity index (χ3v) is 5.75. The van der Waals surface area contributed by atoms with E-state index in [9.17, 15) is 10.1 Å². The maximum atomic E-state index is 12.8. The highest BCUT2D eigenvalue weighted by Crippen LogP contribution is 2.28. The number of pyridine rings is 1. The van der Waals surface area contributed by atoms with Gasteiger partial charge >= 0.3 is 0 Å². The fourth-order valence-corrected chi connectivity index (χ4v) is 3.93. The van der Waals surface area contributed by atoms with Crippen molar-refractivity contribution in [3.63, 3.8) is 0 Å². The molecule has 0 fully saturated rings. The van der Waals surface area contributed by atoms with Crippen LogP contribution in [-0.2, 0) is 4.79 Å². The van der Waals surface area contributed by atoms with Crippen molar-refractivity contribution in [2.45, 2.75) is 40.5 Å². The van der Waals surface area contributed by atoms with E-state index in [0.717, 1.165) is 33.2 Å². The highest BCUT2D eigenvalue weighted by Gasteiger charge is 2.18. The molecule has 2 aromatic carbocycles. The summed E-state index contributed by atoms with van der Waals surface area (Å²) in [4.78, 5) is 17.6. The number of aryl methyl sites for hydroxylation is 3. The molecule has 0 aliphatic heterocycles. The highest BCUT2D eigenvalue weighted by atomic mass is 16.5. The third kappa shape index (κ3) is 4.48. The smallest absolute Gasteiger partial charge is 0.263 e. The molecule has 172 valence electrons. The second-order valence-corrected chi connectivity index (χ2v) is 8.73. The van der Waals surface area contributed by atoms with Gasteiger partial charge in [0.2, 0.25) is 0 Å². The Morgan fingerprint density at radius 2 is 1.94 bits per heavy atom. The van der Waals surface area contributed by atoms with Gasteiger partial charge in [-0.25, -0.2) is 4.98 Å². The van der Waals surface area contributed by atoms with E-state index >= 15 is 0 Å². The second kappa shape index (κ2) is 9.36. The molecule has 34 heavy (non-hydrogen) atoms. The molecule has 4 rings (SSSR count). The van der Waals surface area contributed by atoms with Gasteiger partial charge in [0.05, 0.1) is 11.7 Å². The Balaban J connectivity index is 1.62. The molecule has 4 aromatic rings. The Bertz CT molecular complexity index is 1430. The molecule has 7 nitrogen and oxygen atoms in total. The zero-order valence-electron chi connectivity index (χ0n) is 20.0. The first-order valence-corrected chi connectivity index (χ1v) is 11.2. The van der Waals surface area contributed by atoms with Crippen LogP contribution in [0.25, 0.3) is 16.7 Å². The lowest BCUT2D eigenvalue weighted by atomic mass is 10.0. The number of carbonyl (C=O) groups excluding carboxylic acids is 1. The molecule has 0 saturated carbocycles. The number of nitriles is 1. The zero-order chi connectivity index (χ0) is 24.4. The highest BCUT2D eigenvalue weighted by molar-refractivity contribution is 5.93. The number of anilines is 1. The minimum Gasteiger partial charge on any atom is -0.483 e. The molecule has 0 bridgehead atoms. The molecule has 0 unspecified atom stereocenters. The van der Waals surface area contributed by atoms with E-state index < -0.39 is 0 Å². The predicted molar refractivity (Wildman–Crippen MR) is 132 cm³/mol. The Kier molecular flexibility index (Phi) is 6.33. The average molecular weight is 454 g/mol. The van der Waals surface area contributed by atoms with Crippen LogP contribution in [-0.4, -0.2) is 27.3 Å².